The highest BCUT2D eigenvalue weighted by atomic mass is 32.1. The summed E-state index contributed by atoms with van der Waals surface area (Å²) in [6.07, 6.45) is 1.73. The van der Waals surface area contributed by atoms with Crippen LogP contribution in [0.1, 0.15) is 49.6 Å². The monoisotopic (exact) mass is 492 g/mol. The summed E-state index contributed by atoms with van der Waals surface area (Å²) in [5.41, 5.74) is 1.61. The van der Waals surface area contributed by atoms with Gasteiger partial charge in [0.1, 0.15) is 10.8 Å². The maximum absolute atomic E-state index is 13.3. The number of carbonyl (C=O) groups is 1. The molecule has 2 aliphatic rings. The average Bonchev–Trinajstić information content (AvgIpc) is 3.27. The van der Waals surface area contributed by atoms with E-state index in [0.29, 0.717) is 12.1 Å². The number of fused-ring (bicyclic) bond motifs is 2. The lowest BCUT2D eigenvalue weighted by molar-refractivity contribution is -0.143. The fourth-order valence-electron chi connectivity index (χ4n) is 6.33. The Morgan fingerprint density at radius 2 is 1.94 bits per heavy atom. The number of aliphatic hydroxyl groups is 2. The van der Waals surface area contributed by atoms with Gasteiger partial charge in [-0.1, -0.05) is 50.2 Å². The van der Waals surface area contributed by atoms with Crippen LogP contribution >= 0.6 is 11.3 Å². The Bertz CT molecular complexity index is 1230. The maximum Gasteiger partial charge on any atom is 0.225 e. The number of benzene rings is 2. The van der Waals surface area contributed by atoms with Gasteiger partial charge in [0.2, 0.25) is 5.91 Å². The van der Waals surface area contributed by atoms with Gasteiger partial charge in [0.25, 0.3) is 0 Å². The second-order valence-corrected chi connectivity index (χ2v) is 11.6. The predicted octanol–water partition coefficient (Wildman–Crippen LogP) is 4.96. The first-order chi connectivity index (χ1) is 16.7. The van der Waals surface area contributed by atoms with E-state index < -0.39 is 11.5 Å². The van der Waals surface area contributed by atoms with Crippen molar-refractivity contribution in [1.82, 2.24) is 4.98 Å². The lowest BCUT2D eigenvalue weighted by Gasteiger charge is -2.58. The Hall–Kier alpha value is -2.74. The van der Waals surface area contributed by atoms with E-state index in [1.807, 2.05) is 37.3 Å². The molecular weight excluding hydrogens is 460 g/mol. The van der Waals surface area contributed by atoms with E-state index in [1.54, 1.807) is 29.5 Å². The lowest BCUT2D eigenvalue weighted by atomic mass is 9.47. The van der Waals surface area contributed by atoms with Crippen LogP contribution in [0.25, 0.3) is 10.6 Å². The maximum atomic E-state index is 13.3. The molecule has 6 nitrogen and oxygen atoms in total. The van der Waals surface area contributed by atoms with E-state index in [-0.39, 0.29) is 41.9 Å². The Morgan fingerprint density at radius 1 is 1.17 bits per heavy atom. The fraction of sp³-hybridized carbons (Fsp3) is 0.429. The van der Waals surface area contributed by atoms with Gasteiger partial charge in [-0.15, -0.1) is 11.3 Å². The molecule has 3 aromatic rings. The van der Waals surface area contributed by atoms with Gasteiger partial charge in [-0.25, -0.2) is 4.98 Å². The van der Waals surface area contributed by atoms with Gasteiger partial charge in [0, 0.05) is 39.9 Å². The molecule has 1 heterocycles. The lowest BCUT2D eigenvalue weighted by Crippen LogP contribution is -2.57. The molecule has 0 bridgehead atoms. The second-order valence-electron chi connectivity index (χ2n) is 10.5. The number of thiazole rings is 1. The first kappa shape index (κ1) is 24.0. The van der Waals surface area contributed by atoms with Crippen LogP contribution in [0.15, 0.2) is 54.6 Å². The topological polar surface area (TPSA) is 103 Å². The zero-order chi connectivity index (χ0) is 24.8. The smallest absolute Gasteiger partial charge is 0.225 e. The van der Waals surface area contributed by atoms with Crippen LogP contribution in [0.5, 0.6) is 5.75 Å². The van der Waals surface area contributed by atoms with Crippen LogP contribution in [0.4, 0.5) is 5.69 Å². The number of amides is 1. The highest BCUT2D eigenvalue weighted by molar-refractivity contribution is 7.15. The summed E-state index contributed by atoms with van der Waals surface area (Å²) >= 11 is 1.65. The third-order valence-electron chi connectivity index (χ3n) is 8.43. The number of phenols is 1. The van der Waals surface area contributed by atoms with Gasteiger partial charge in [-0.2, -0.15) is 0 Å². The Kier molecular flexibility index (Phi) is 6.20. The van der Waals surface area contributed by atoms with Crippen molar-refractivity contribution in [3.05, 3.63) is 65.2 Å². The molecule has 4 N–H and O–H groups in total. The summed E-state index contributed by atoms with van der Waals surface area (Å²) in [6, 6.07) is 16.6. The summed E-state index contributed by atoms with van der Waals surface area (Å²) in [6.45, 7) is 4.08. The quantitative estimate of drug-likeness (QED) is 0.403. The summed E-state index contributed by atoms with van der Waals surface area (Å²) in [5.74, 6) is -0.180. The largest absolute Gasteiger partial charge is 0.508 e. The molecule has 35 heavy (non-hydrogen) atoms. The molecule has 1 aromatic heterocycles. The van der Waals surface area contributed by atoms with Crippen LogP contribution < -0.4 is 5.32 Å². The second kappa shape index (κ2) is 9.04. The van der Waals surface area contributed by atoms with Crippen LogP contribution in [0.3, 0.4) is 0 Å². The summed E-state index contributed by atoms with van der Waals surface area (Å²) < 4.78 is 0. The predicted molar refractivity (Wildman–Crippen MR) is 137 cm³/mol. The van der Waals surface area contributed by atoms with Gasteiger partial charge in [-0.05, 0) is 42.7 Å². The number of nitrogens with zero attached hydrogens (tertiary/aromatic N) is 1. The molecule has 0 unspecified atom stereocenters. The number of hydrogen-bond acceptors (Lipinski definition) is 6. The first-order valence-corrected chi connectivity index (χ1v) is 13.0. The van der Waals surface area contributed by atoms with E-state index in [2.05, 4.69) is 12.2 Å². The molecule has 1 fully saturated rings. The molecule has 5 rings (SSSR count). The minimum atomic E-state index is -0.651. The third kappa shape index (κ3) is 4.15. The highest BCUT2D eigenvalue weighted by Crippen LogP contribution is 2.63. The molecule has 1 saturated carbocycles. The summed E-state index contributed by atoms with van der Waals surface area (Å²) in [7, 11) is 0. The molecule has 2 aromatic carbocycles. The van der Waals surface area contributed by atoms with Crippen LogP contribution in [-0.4, -0.2) is 38.9 Å². The van der Waals surface area contributed by atoms with Crippen LogP contribution in [-0.2, 0) is 11.2 Å². The molecular formula is C28H32N2O4S. The Balaban J connectivity index is 1.55. The van der Waals surface area contributed by atoms with Gasteiger partial charge >= 0.3 is 0 Å². The van der Waals surface area contributed by atoms with Crippen molar-refractivity contribution in [2.45, 2.75) is 51.6 Å². The van der Waals surface area contributed by atoms with Gasteiger partial charge in [0.05, 0.1) is 18.4 Å². The van der Waals surface area contributed by atoms with Gasteiger partial charge in [0.15, 0.2) is 0 Å². The number of hydrogen-bond donors (Lipinski definition) is 4. The molecule has 0 spiro atoms. The third-order valence-corrected chi connectivity index (χ3v) is 9.58. The minimum Gasteiger partial charge on any atom is -0.508 e. The standard InChI is InChI=1S/C28H32N2O4S/c1-27-12-11-23(33)28(2,16-31)22(27)15-21-25(30-26(35-21)17-7-4-3-5-8-17)20(27)14-24(34)29-18-9-6-10-19(32)13-18/h3-10,13,20,22-23,31-33H,11-12,14-16H2,1-2H3,(H,29,34)/t20-,22+,23-,27+,28+/m1/s1. The van der Waals surface area contributed by atoms with Crippen molar-refractivity contribution in [1.29, 1.82) is 0 Å². The SMILES string of the molecule is C[C@]1(CO)[C@H]2Cc3sc(-c4ccccc4)nc3[C@@H](CC(=O)Nc3cccc(O)c3)[C@]2(C)CC[C@H]1O. The van der Waals surface area contributed by atoms with E-state index in [9.17, 15) is 20.1 Å². The zero-order valence-corrected chi connectivity index (χ0v) is 20.9. The highest BCUT2D eigenvalue weighted by Gasteiger charge is 2.59. The van der Waals surface area contributed by atoms with E-state index in [4.69, 9.17) is 4.98 Å². The average molecular weight is 493 g/mol. The van der Waals surface area contributed by atoms with Crippen molar-refractivity contribution in [3.63, 3.8) is 0 Å². The Labute approximate surface area is 209 Å². The van der Waals surface area contributed by atoms with Crippen molar-refractivity contribution in [2.75, 3.05) is 11.9 Å². The number of anilines is 1. The minimum absolute atomic E-state index is 0.0129. The molecule has 0 saturated heterocycles. The molecule has 7 heteroatoms. The number of aromatic hydroxyl groups is 1. The summed E-state index contributed by atoms with van der Waals surface area (Å²) in [5, 5.41) is 35.0. The number of aliphatic hydroxyl groups excluding tert-OH is 2. The molecule has 2 aliphatic carbocycles. The number of nitrogens with one attached hydrogen (secondary N) is 1. The Morgan fingerprint density at radius 3 is 2.66 bits per heavy atom. The fourth-order valence-corrected chi connectivity index (χ4v) is 7.50. The molecule has 0 aliphatic heterocycles. The number of rotatable bonds is 5. The van der Waals surface area contributed by atoms with E-state index in [0.717, 1.165) is 34.0 Å². The molecule has 184 valence electrons. The van der Waals surface area contributed by atoms with Crippen LogP contribution in [0, 0.1) is 16.7 Å². The summed E-state index contributed by atoms with van der Waals surface area (Å²) in [4.78, 5) is 19.5. The number of phenolic OH excluding ortho intramolecular Hbond substituents is 1. The first-order valence-electron chi connectivity index (χ1n) is 12.2. The molecule has 1 amide bonds. The van der Waals surface area contributed by atoms with E-state index in [1.165, 1.54) is 6.07 Å². The van der Waals surface area contributed by atoms with Crippen molar-refractivity contribution in [2.24, 2.45) is 16.7 Å². The normalized spacial score (nSPS) is 29.8. The number of carbonyl (C=O) groups excluding carboxylic acids is 1. The van der Waals surface area contributed by atoms with Crippen LogP contribution in [0.2, 0.25) is 0 Å². The number of aromatic nitrogens is 1. The van der Waals surface area contributed by atoms with Crippen molar-refractivity contribution >= 4 is 22.9 Å². The molecule has 5 atom stereocenters. The van der Waals surface area contributed by atoms with E-state index >= 15 is 0 Å². The zero-order valence-electron chi connectivity index (χ0n) is 20.1. The van der Waals surface area contributed by atoms with Crippen molar-refractivity contribution in [3.8, 4) is 16.3 Å². The molecule has 0 radical (unpaired) electrons. The van der Waals surface area contributed by atoms with Gasteiger partial charge < -0.3 is 20.6 Å². The van der Waals surface area contributed by atoms with Gasteiger partial charge in [-0.3, -0.25) is 4.79 Å². The van der Waals surface area contributed by atoms with Crippen molar-refractivity contribution < 1.29 is 20.1 Å².